The fourth-order valence-corrected chi connectivity index (χ4v) is 12.8. The van der Waals surface area contributed by atoms with Crippen molar-refractivity contribution in [2.45, 2.75) is 267 Å². The van der Waals surface area contributed by atoms with Gasteiger partial charge in [-0.1, -0.05) is 96.9 Å². The Morgan fingerprint density at radius 2 is 0.936 bits per heavy atom. The minimum atomic E-state index is -1.63. The van der Waals surface area contributed by atoms with E-state index in [0.717, 1.165) is 42.2 Å². The van der Waals surface area contributed by atoms with E-state index < -0.39 is 155 Å². The van der Waals surface area contributed by atoms with E-state index in [1.165, 1.54) is 99.5 Å². The highest BCUT2D eigenvalue weighted by Crippen LogP contribution is 2.27. The quantitative estimate of drug-likeness (QED) is 0.146. The first-order valence-electron chi connectivity index (χ1n) is 34.4. The molecule has 13 atom stereocenters. The monoisotopic (exact) mass is 1320 g/mol. The molecule has 0 aromatic carbocycles. The van der Waals surface area contributed by atoms with Crippen molar-refractivity contribution in [2.75, 3.05) is 49.3 Å². The van der Waals surface area contributed by atoms with Gasteiger partial charge in [-0.3, -0.25) is 52.7 Å². The Kier molecular flexibility index (Phi) is 31.6. The molecule has 534 valence electrons. The highest BCUT2D eigenvalue weighted by molar-refractivity contribution is 6.00. The summed E-state index contributed by atoms with van der Waals surface area (Å²) < 4.78 is 2.17. The van der Waals surface area contributed by atoms with E-state index in [1.807, 2.05) is 55.4 Å². The van der Waals surface area contributed by atoms with Crippen molar-refractivity contribution in [1.82, 2.24) is 65.1 Å². The van der Waals surface area contributed by atoms with E-state index >= 15 is 19.2 Å². The maximum absolute atomic E-state index is 15.5. The van der Waals surface area contributed by atoms with Gasteiger partial charge < -0.3 is 65.2 Å². The van der Waals surface area contributed by atoms with Crippen molar-refractivity contribution in [3.05, 3.63) is 17.7 Å². The Morgan fingerprint density at radius 3 is 1.43 bits per heavy atom. The Labute approximate surface area is 561 Å². The number of hydrogen-bond acceptors (Lipinski definition) is 13. The van der Waals surface area contributed by atoms with Crippen molar-refractivity contribution >= 4 is 65.0 Å². The highest BCUT2D eigenvalue weighted by atomic mass is 16.3. The third-order valence-corrected chi connectivity index (χ3v) is 18.9. The van der Waals surface area contributed by atoms with E-state index in [1.54, 1.807) is 41.5 Å². The molecular weight excluding hydrogens is 1200 g/mol. The number of aliphatic hydroxyl groups is 1. The Balaban J connectivity index is 2.30. The second-order valence-corrected chi connectivity index (χ2v) is 29.4. The van der Waals surface area contributed by atoms with Crippen molar-refractivity contribution in [2.24, 2.45) is 41.4 Å². The number of likely N-dealkylation sites (N-methyl/N-ethyl adjacent to an activating group) is 7. The smallest absolute Gasteiger partial charge is 0.246 e. The zero-order chi connectivity index (χ0) is 71.8. The lowest BCUT2D eigenvalue weighted by Crippen LogP contribution is -2.64. The molecule has 1 aromatic heterocycles. The van der Waals surface area contributed by atoms with Gasteiger partial charge in [0, 0.05) is 68.5 Å². The molecule has 3 rings (SSSR count). The molecule has 0 bridgehead atoms. The predicted octanol–water partition coefficient (Wildman–Crippen LogP) is 4.25. The molecule has 11 amide bonds. The van der Waals surface area contributed by atoms with E-state index in [2.05, 4.69) is 32.0 Å². The van der Waals surface area contributed by atoms with Gasteiger partial charge in [0.1, 0.15) is 72.3 Å². The number of amides is 11. The second-order valence-electron chi connectivity index (χ2n) is 29.4. The van der Waals surface area contributed by atoms with Gasteiger partial charge in [-0.15, -0.1) is 0 Å². The third kappa shape index (κ3) is 21.4. The number of hydrogen-bond donors (Lipinski definition) is 5. The fraction of sp³-hybridized carbons (Fsp3) is 0.797. The van der Waals surface area contributed by atoms with Crippen LogP contribution in [0.5, 0.6) is 0 Å². The number of aliphatic hydroxyl groups excluding tert-OH is 1. The zero-order valence-corrected chi connectivity index (χ0v) is 61.5. The standard InChI is InChI=1S/C69H121N13O12/c1-25-49-65(90)75(18)47(17)64(89)76(19)51(34-39(4)5)61(86)74-55(42(10)11)68(93)77(20)50(33-38(2)3)60(85)70-45(15)59(84)71-46(16)63(88)78(21)52(35-40(6)7)66(91)79(22)53(36-41(8)9)67(92)80(23)56(43(12)13)69(94)81(24)57(62(87)73-49)58(83)44(14)29-28-30-48-37-82-32-27-26-31-54(82)72-48/h37-47,49-53,55-58,83H,25-36H2,1-24H3,(H,70,85)(H,71,84)(H,73,87)(H,74,86)/t44-,45+,46-,47-,49+,50+,51+,52-,53+,55+,56+,57-,58-/m1/s1. The molecule has 5 N–H and O–H groups in total. The third-order valence-electron chi connectivity index (χ3n) is 18.9. The first kappa shape index (κ1) is 81.6. The number of nitrogens with one attached hydrogen (secondary N) is 4. The summed E-state index contributed by atoms with van der Waals surface area (Å²) in [5.74, 6) is -8.71. The van der Waals surface area contributed by atoms with Gasteiger partial charge in [0.05, 0.1) is 11.8 Å². The predicted molar refractivity (Wildman–Crippen MR) is 362 cm³/mol. The average molecular weight is 1320 g/mol. The molecule has 2 aliphatic heterocycles. The van der Waals surface area contributed by atoms with Crippen LogP contribution in [-0.4, -0.2) is 236 Å². The number of aromatic nitrogens is 2. The number of rotatable bonds is 17. The van der Waals surface area contributed by atoms with Gasteiger partial charge in [-0.25, -0.2) is 4.98 Å². The molecule has 0 unspecified atom stereocenters. The maximum Gasteiger partial charge on any atom is 0.246 e. The van der Waals surface area contributed by atoms with Crippen LogP contribution < -0.4 is 21.3 Å². The first-order chi connectivity index (χ1) is 43.6. The molecule has 0 radical (unpaired) electrons. The summed E-state index contributed by atoms with van der Waals surface area (Å²) in [4.78, 5) is 176. The van der Waals surface area contributed by atoms with Crippen molar-refractivity contribution in [1.29, 1.82) is 0 Å². The molecular formula is C69H121N13O12. The summed E-state index contributed by atoms with van der Waals surface area (Å²) in [5, 5.41) is 23.7. The Hall–Kier alpha value is -6.66. The molecule has 3 heterocycles. The lowest BCUT2D eigenvalue weighted by atomic mass is 9.90. The normalized spacial score (nSPS) is 26.9. The highest BCUT2D eigenvalue weighted by Gasteiger charge is 2.46. The second kappa shape index (κ2) is 36.5. The number of aryl methyl sites for hydroxylation is 3. The minimum absolute atomic E-state index is 0.0117. The number of carbonyl (C=O) groups is 11. The van der Waals surface area contributed by atoms with E-state index in [-0.39, 0.29) is 55.8 Å². The topological polar surface area (TPSA) is 297 Å². The van der Waals surface area contributed by atoms with Crippen molar-refractivity contribution in [3.63, 3.8) is 0 Å². The number of imidazole rings is 1. The molecule has 1 fully saturated rings. The van der Waals surface area contributed by atoms with Gasteiger partial charge >= 0.3 is 0 Å². The lowest BCUT2D eigenvalue weighted by Gasteiger charge is -2.41. The molecule has 94 heavy (non-hydrogen) atoms. The molecule has 25 nitrogen and oxygen atoms in total. The Bertz CT molecular complexity index is 2740. The van der Waals surface area contributed by atoms with Crippen molar-refractivity contribution < 1.29 is 57.8 Å². The summed E-state index contributed by atoms with van der Waals surface area (Å²) >= 11 is 0. The van der Waals surface area contributed by atoms with Crippen LogP contribution in [0.4, 0.5) is 0 Å². The molecule has 1 aromatic rings. The Morgan fingerprint density at radius 1 is 0.479 bits per heavy atom. The summed E-state index contributed by atoms with van der Waals surface area (Å²) in [5.41, 5.74) is 0.918. The molecule has 0 spiro atoms. The van der Waals surface area contributed by atoms with Gasteiger partial charge in [0.15, 0.2) is 0 Å². The molecule has 0 saturated carbocycles. The van der Waals surface area contributed by atoms with Crippen molar-refractivity contribution in [3.8, 4) is 0 Å². The van der Waals surface area contributed by atoms with Crippen LogP contribution in [0.1, 0.15) is 187 Å². The summed E-state index contributed by atoms with van der Waals surface area (Å²) in [6.07, 6.45) is 5.78. The van der Waals surface area contributed by atoms with Crippen LogP contribution in [-0.2, 0) is 72.1 Å². The van der Waals surface area contributed by atoms with Gasteiger partial charge in [0.25, 0.3) is 0 Å². The maximum atomic E-state index is 15.5. The van der Waals surface area contributed by atoms with Crippen LogP contribution >= 0.6 is 0 Å². The zero-order valence-electron chi connectivity index (χ0n) is 61.5. The van der Waals surface area contributed by atoms with Crippen LogP contribution in [0.2, 0.25) is 0 Å². The number of fused-ring (bicyclic) bond motifs is 1. The SMILES string of the molecule is CC[C@@H]1NC(=O)[C@@H]([C@H](O)[C@H](C)CCCc2cn3c(n2)CCCC3)N(C)C(=O)[C@H](C(C)C)N(C)C(=O)[C@H](CC(C)C)N(C)C(=O)[C@@H](CC(C)C)N(C)C(=O)[C@@H](C)NC(=O)[C@H](C)NC(=O)[C@H](CC(C)C)N(C)C(=O)[C@H](C(C)C)NC(=O)[C@H](CC(C)C)N(C)C(=O)[C@@H](C)N(C)C1=O. The summed E-state index contributed by atoms with van der Waals surface area (Å²) in [6, 6.07) is -13.7. The van der Waals surface area contributed by atoms with E-state index in [0.29, 0.717) is 19.3 Å². The van der Waals surface area contributed by atoms with E-state index in [4.69, 9.17) is 4.98 Å². The minimum Gasteiger partial charge on any atom is -0.390 e. The lowest BCUT2D eigenvalue weighted by molar-refractivity contribution is -0.157. The van der Waals surface area contributed by atoms with Crippen LogP contribution in [0, 0.1) is 41.4 Å². The van der Waals surface area contributed by atoms with E-state index in [9.17, 15) is 38.7 Å². The molecule has 25 heteroatoms. The van der Waals surface area contributed by atoms with Gasteiger partial charge in [-0.05, 0) is 126 Å². The van der Waals surface area contributed by atoms with Crippen LogP contribution in [0.25, 0.3) is 0 Å². The summed E-state index contributed by atoms with van der Waals surface area (Å²) in [7, 11) is 10.0. The summed E-state index contributed by atoms with van der Waals surface area (Å²) in [6.45, 7) is 30.7. The fourth-order valence-electron chi connectivity index (χ4n) is 12.8. The van der Waals surface area contributed by atoms with Crippen LogP contribution in [0.15, 0.2) is 6.20 Å². The molecule has 1 saturated heterocycles. The van der Waals surface area contributed by atoms with Gasteiger partial charge in [0.2, 0.25) is 65.0 Å². The largest absolute Gasteiger partial charge is 0.390 e. The number of carbonyl (C=O) groups excluding carboxylic acids is 11. The molecule has 0 aliphatic carbocycles. The van der Waals surface area contributed by atoms with Crippen LogP contribution in [0.3, 0.4) is 0 Å². The van der Waals surface area contributed by atoms with Gasteiger partial charge in [-0.2, -0.15) is 0 Å². The molecule has 2 aliphatic rings. The first-order valence-corrected chi connectivity index (χ1v) is 34.4. The number of nitrogens with zero attached hydrogens (tertiary/aromatic N) is 9. The average Bonchev–Trinajstić information content (AvgIpc) is 1.02.